The van der Waals surface area contributed by atoms with Gasteiger partial charge in [-0.2, -0.15) is 0 Å². The highest BCUT2D eigenvalue weighted by molar-refractivity contribution is 5.78. The van der Waals surface area contributed by atoms with Gasteiger partial charge in [0.1, 0.15) is 11.5 Å². The van der Waals surface area contributed by atoms with Crippen LogP contribution in [0.4, 0.5) is 0 Å². The summed E-state index contributed by atoms with van der Waals surface area (Å²) < 4.78 is 10.9. The summed E-state index contributed by atoms with van der Waals surface area (Å²) in [5.41, 5.74) is 2.32. The van der Waals surface area contributed by atoms with Gasteiger partial charge in [0.15, 0.2) is 6.61 Å². The zero-order chi connectivity index (χ0) is 17.4. The minimum atomic E-state index is -0.128. The standard InChI is InChI=1S/C20H25NO3/c1-4-19(16-8-6-15(3)7-9-16)21-20(22)14-24-18-12-10-17(11-13-18)23-5-2/h6-13,19H,4-5,14H2,1-3H3,(H,21,22). The fourth-order valence-corrected chi connectivity index (χ4v) is 2.40. The van der Waals surface area contributed by atoms with Crippen LogP contribution in [0.5, 0.6) is 11.5 Å². The molecule has 0 aliphatic heterocycles. The van der Waals surface area contributed by atoms with Crippen molar-refractivity contribution in [3.05, 3.63) is 59.7 Å². The van der Waals surface area contributed by atoms with Crippen molar-refractivity contribution in [2.45, 2.75) is 33.2 Å². The maximum atomic E-state index is 12.1. The lowest BCUT2D eigenvalue weighted by atomic mass is 10.0. The van der Waals surface area contributed by atoms with Crippen molar-refractivity contribution in [2.24, 2.45) is 0 Å². The third-order valence-electron chi connectivity index (χ3n) is 3.73. The number of ether oxygens (including phenoxy) is 2. The minimum absolute atomic E-state index is 0.00188. The molecule has 2 aromatic rings. The molecule has 0 radical (unpaired) electrons. The van der Waals surface area contributed by atoms with Crippen molar-refractivity contribution < 1.29 is 14.3 Å². The fourth-order valence-electron chi connectivity index (χ4n) is 2.40. The summed E-state index contributed by atoms with van der Waals surface area (Å²) in [4.78, 5) is 12.1. The SMILES string of the molecule is CCOc1ccc(OCC(=O)NC(CC)c2ccc(C)cc2)cc1. The van der Waals surface area contributed by atoms with Gasteiger partial charge >= 0.3 is 0 Å². The molecule has 1 unspecified atom stereocenters. The third-order valence-corrected chi connectivity index (χ3v) is 3.73. The molecule has 0 aliphatic rings. The first-order chi connectivity index (χ1) is 11.6. The number of carbonyl (C=O) groups is 1. The number of rotatable bonds is 8. The van der Waals surface area contributed by atoms with Gasteiger partial charge in [-0.1, -0.05) is 36.8 Å². The van der Waals surface area contributed by atoms with Crippen molar-refractivity contribution in [2.75, 3.05) is 13.2 Å². The number of aryl methyl sites for hydroxylation is 1. The number of nitrogens with one attached hydrogen (secondary N) is 1. The number of amides is 1. The predicted octanol–water partition coefficient (Wildman–Crippen LogP) is 4.04. The van der Waals surface area contributed by atoms with E-state index in [0.29, 0.717) is 12.4 Å². The molecule has 0 fully saturated rings. The molecule has 2 rings (SSSR count). The first-order valence-corrected chi connectivity index (χ1v) is 8.34. The Morgan fingerprint density at radius 3 is 2.08 bits per heavy atom. The van der Waals surface area contributed by atoms with Crippen molar-refractivity contribution in [3.63, 3.8) is 0 Å². The van der Waals surface area contributed by atoms with Gasteiger partial charge in [-0.05, 0) is 50.1 Å². The molecular weight excluding hydrogens is 302 g/mol. The van der Waals surface area contributed by atoms with Crippen LogP contribution < -0.4 is 14.8 Å². The van der Waals surface area contributed by atoms with Crippen molar-refractivity contribution in [1.29, 1.82) is 0 Å². The zero-order valence-electron chi connectivity index (χ0n) is 14.5. The smallest absolute Gasteiger partial charge is 0.258 e. The summed E-state index contributed by atoms with van der Waals surface area (Å²) in [6, 6.07) is 15.5. The van der Waals surface area contributed by atoms with E-state index in [1.807, 2.05) is 26.0 Å². The second kappa shape index (κ2) is 8.96. The molecule has 0 spiro atoms. The summed E-state index contributed by atoms with van der Waals surface area (Å²) in [6.07, 6.45) is 0.831. The van der Waals surface area contributed by atoms with Crippen LogP contribution in [0, 0.1) is 6.92 Å². The van der Waals surface area contributed by atoms with E-state index < -0.39 is 0 Å². The Bertz CT molecular complexity index is 635. The van der Waals surface area contributed by atoms with Crippen LogP contribution in [0.2, 0.25) is 0 Å². The average molecular weight is 327 g/mol. The molecule has 1 amide bonds. The molecule has 0 aromatic heterocycles. The summed E-state index contributed by atoms with van der Waals surface area (Å²) >= 11 is 0. The van der Waals surface area contributed by atoms with Crippen molar-refractivity contribution in [3.8, 4) is 11.5 Å². The Morgan fingerprint density at radius 1 is 0.958 bits per heavy atom. The first kappa shape index (κ1) is 17.9. The molecule has 1 N–H and O–H groups in total. The van der Waals surface area contributed by atoms with Gasteiger partial charge in [-0.25, -0.2) is 0 Å². The highest BCUT2D eigenvalue weighted by Gasteiger charge is 2.13. The number of carbonyl (C=O) groups excluding carboxylic acids is 1. The molecule has 0 saturated heterocycles. The Hall–Kier alpha value is -2.49. The Kier molecular flexibility index (Phi) is 6.67. The molecule has 24 heavy (non-hydrogen) atoms. The van der Waals surface area contributed by atoms with Crippen LogP contribution in [0.3, 0.4) is 0 Å². The fraction of sp³-hybridized carbons (Fsp3) is 0.350. The molecule has 0 heterocycles. The number of hydrogen-bond acceptors (Lipinski definition) is 3. The molecule has 4 nitrogen and oxygen atoms in total. The van der Waals surface area contributed by atoms with Gasteiger partial charge in [-0.15, -0.1) is 0 Å². The van der Waals surface area contributed by atoms with Gasteiger partial charge in [0.05, 0.1) is 12.6 Å². The highest BCUT2D eigenvalue weighted by Crippen LogP contribution is 2.19. The molecular formula is C20H25NO3. The largest absolute Gasteiger partial charge is 0.494 e. The van der Waals surface area contributed by atoms with Gasteiger partial charge in [0.2, 0.25) is 0 Å². The lowest BCUT2D eigenvalue weighted by Gasteiger charge is -2.18. The molecule has 4 heteroatoms. The van der Waals surface area contributed by atoms with E-state index in [1.54, 1.807) is 12.1 Å². The molecule has 0 saturated carbocycles. The van der Waals surface area contributed by atoms with E-state index in [1.165, 1.54) is 5.56 Å². The molecule has 128 valence electrons. The second-order valence-electron chi connectivity index (χ2n) is 5.63. The number of benzene rings is 2. The second-order valence-corrected chi connectivity index (χ2v) is 5.63. The molecule has 0 aliphatic carbocycles. The molecule has 2 aromatic carbocycles. The Morgan fingerprint density at radius 2 is 1.54 bits per heavy atom. The normalized spacial score (nSPS) is 11.6. The lowest BCUT2D eigenvalue weighted by Crippen LogP contribution is -2.32. The van der Waals surface area contributed by atoms with E-state index in [-0.39, 0.29) is 18.6 Å². The van der Waals surface area contributed by atoms with Crippen molar-refractivity contribution >= 4 is 5.91 Å². The summed E-state index contributed by atoms with van der Waals surface area (Å²) in [6.45, 7) is 6.66. The van der Waals surface area contributed by atoms with Gasteiger partial charge in [0, 0.05) is 0 Å². The quantitative estimate of drug-likeness (QED) is 0.796. The van der Waals surface area contributed by atoms with E-state index >= 15 is 0 Å². The van der Waals surface area contributed by atoms with Crippen LogP contribution in [0.25, 0.3) is 0 Å². The number of hydrogen-bond donors (Lipinski definition) is 1. The van der Waals surface area contributed by atoms with Crippen LogP contribution in [-0.4, -0.2) is 19.1 Å². The maximum absolute atomic E-state index is 12.1. The van der Waals surface area contributed by atoms with Crippen LogP contribution in [-0.2, 0) is 4.79 Å². The summed E-state index contributed by atoms with van der Waals surface area (Å²) in [7, 11) is 0. The topological polar surface area (TPSA) is 47.6 Å². The summed E-state index contributed by atoms with van der Waals surface area (Å²) in [5.74, 6) is 1.31. The Balaban J connectivity index is 1.86. The van der Waals surface area contributed by atoms with Gasteiger partial charge < -0.3 is 14.8 Å². The van der Waals surface area contributed by atoms with E-state index in [0.717, 1.165) is 17.7 Å². The highest BCUT2D eigenvalue weighted by atomic mass is 16.5. The zero-order valence-corrected chi connectivity index (χ0v) is 14.5. The van der Waals surface area contributed by atoms with Crippen LogP contribution in [0.1, 0.15) is 37.4 Å². The summed E-state index contributed by atoms with van der Waals surface area (Å²) in [5, 5.41) is 3.02. The monoisotopic (exact) mass is 327 g/mol. The predicted molar refractivity (Wildman–Crippen MR) is 95.5 cm³/mol. The molecule has 1 atom stereocenters. The van der Waals surface area contributed by atoms with Crippen LogP contribution >= 0.6 is 0 Å². The first-order valence-electron chi connectivity index (χ1n) is 8.34. The lowest BCUT2D eigenvalue weighted by molar-refractivity contribution is -0.123. The van der Waals surface area contributed by atoms with E-state index in [2.05, 4.69) is 36.5 Å². The molecule has 0 bridgehead atoms. The minimum Gasteiger partial charge on any atom is -0.494 e. The van der Waals surface area contributed by atoms with Crippen LogP contribution in [0.15, 0.2) is 48.5 Å². The van der Waals surface area contributed by atoms with E-state index in [4.69, 9.17) is 9.47 Å². The van der Waals surface area contributed by atoms with Crippen molar-refractivity contribution in [1.82, 2.24) is 5.32 Å². The van der Waals surface area contributed by atoms with Gasteiger partial charge in [-0.3, -0.25) is 4.79 Å². The maximum Gasteiger partial charge on any atom is 0.258 e. The van der Waals surface area contributed by atoms with Gasteiger partial charge in [0.25, 0.3) is 5.91 Å². The average Bonchev–Trinajstić information content (AvgIpc) is 2.60. The Labute approximate surface area is 143 Å². The third kappa shape index (κ3) is 5.30. The van der Waals surface area contributed by atoms with E-state index in [9.17, 15) is 4.79 Å².